The number of aliphatic carboxylic acids is 1. The van der Waals surface area contributed by atoms with E-state index in [0.29, 0.717) is 12.8 Å². The van der Waals surface area contributed by atoms with Crippen LogP contribution >= 0.6 is 0 Å². The van der Waals surface area contributed by atoms with Crippen LogP contribution in [-0.2, 0) is 16.0 Å². The molecule has 0 heterocycles. The van der Waals surface area contributed by atoms with Gasteiger partial charge in [-0.05, 0) is 37.8 Å². The first-order valence-electron chi connectivity index (χ1n) is 6.53. The Kier molecular flexibility index (Phi) is 3.98. The second-order valence-corrected chi connectivity index (χ2v) is 5.18. The molecule has 0 unspecified atom stereocenters. The predicted molar refractivity (Wildman–Crippen MR) is 68.5 cm³/mol. The SMILES string of the molecule is C[C@H](C(=O)O)c1ccc(C[C@@H]2CCCC2=O)cc1F. The standard InChI is InChI=1S/C15H17FO3/c1-9(15(18)19)12-6-5-10(8-13(12)16)7-11-3-2-4-14(11)17/h5-6,8-9,11H,2-4,7H2,1H3,(H,18,19)/t9-,11-/m0/s1. The van der Waals surface area contributed by atoms with E-state index in [2.05, 4.69) is 0 Å². The Morgan fingerprint density at radius 1 is 1.53 bits per heavy atom. The second kappa shape index (κ2) is 5.51. The molecule has 19 heavy (non-hydrogen) atoms. The molecule has 0 aliphatic heterocycles. The van der Waals surface area contributed by atoms with E-state index in [1.165, 1.54) is 19.1 Å². The van der Waals surface area contributed by atoms with E-state index in [9.17, 15) is 14.0 Å². The lowest BCUT2D eigenvalue weighted by Gasteiger charge is -2.12. The van der Waals surface area contributed by atoms with Crippen LogP contribution in [0, 0.1) is 11.7 Å². The van der Waals surface area contributed by atoms with Gasteiger partial charge in [-0.3, -0.25) is 9.59 Å². The first kappa shape index (κ1) is 13.7. The highest BCUT2D eigenvalue weighted by molar-refractivity contribution is 5.83. The van der Waals surface area contributed by atoms with Gasteiger partial charge in [0, 0.05) is 17.9 Å². The molecule has 2 rings (SSSR count). The van der Waals surface area contributed by atoms with E-state index in [1.807, 2.05) is 0 Å². The molecule has 0 spiro atoms. The first-order chi connectivity index (χ1) is 8.99. The number of hydrogen-bond donors (Lipinski definition) is 1. The molecule has 2 atom stereocenters. The van der Waals surface area contributed by atoms with Crippen molar-refractivity contribution < 1.29 is 19.1 Å². The summed E-state index contributed by atoms with van der Waals surface area (Å²) in [6, 6.07) is 4.60. The van der Waals surface area contributed by atoms with Crippen LogP contribution in [0.3, 0.4) is 0 Å². The average molecular weight is 264 g/mol. The fourth-order valence-electron chi connectivity index (χ4n) is 2.57. The molecule has 3 nitrogen and oxygen atoms in total. The normalized spacial score (nSPS) is 20.5. The summed E-state index contributed by atoms with van der Waals surface area (Å²) in [7, 11) is 0. The van der Waals surface area contributed by atoms with Crippen molar-refractivity contribution in [2.75, 3.05) is 0 Å². The Hall–Kier alpha value is -1.71. The van der Waals surface area contributed by atoms with Crippen molar-refractivity contribution in [3.63, 3.8) is 0 Å². The fourth-order valence-corrected chi connectivity index (χ4v) is 2.57. The number of Topliss-reactive ketones (excluding diaryl/α,β-unsaturated/α-hetero) is 1. The summed E-state index contributed by atoms with van der Waals surface area (Å²) < 4.78 is 13.9. The van der Waals surface area contributed by atoms with Gasteiger partial charge in [0.1, 0.15) is 11.6 Å². The quantitative estimate of drug-likeness (QED) is 0.909. The molecule has 102 valence electrons. The zero-order valence-corrected chi connectivity index (χ0v) is 10.9. The van der Waals surface area contributed by atoms with Gasteiger partial charge in [-0.25, -0.2) is 4.39 Å². The molecular formula is C15H17FO3. The van der Waals surface area contributed by atoms with Gasteiger partial charge in [-0.1, -0.05) is 12.1 Å². The minimum atomic E-state index is -1.04. The lowest BCUT2D eigenvalue weighted by atomic mass is 9.94. The molecule has 1 aliphatic carbocycles. The molecule has 1 aliphatic rings. The highest BCUT2D eigenvalue weighted by Crippen LogP contribution is 2.27. The largest absolute Gasteiger partial charge is 0.481 e. The minimum absolute atomic E-state index is 0.00199. The molecule has 1 saturated carbocycles. The number of carbonyl (C=O) groups excluding carboxylic acids is 1. The smallest absolute Gasteiger partial charge is 0.310 e. The first-order valence-corrected chi connectivity index (χ1v) is 6.53. The van der Waals surface area contributed by atoms with Gasteiger partial charge in [0.15, 0.2) is 0 Å². The van der Waals surface area contributed by atoms with Crippen molar-refractivity contribution in [2.24, 2.45) is 5.92 Å². The lowest BCUT2D eigenvalue weighted by Crippen LogP contribution is -2.12. The summed E-state index contributed by atoms with van der Waals surface area (Å²) in [4.78, 5) is 22.4. The highest BCUT2D eigenvalue weighted by atomic mass is 19.1. The van der Waals surface area contributed by atoms with E-state index in [4.69, 9.17) is 5.11 Å². The van der Waals surface area contributed by atoms with Gasteiger partial charge in [0.05, 0.1) is 5.92 Å². The van der Waals surface area contributed by atoms with E-state index in [1.54, 1.807) is 6.07 Å². The van der Waals surface area contributed by atoms with E-state index in [-0.39, 0.29) is 17.3 Å². The molecule has 0 amide bonds. The van der Waals surface area contributed by atoms with E-state index < -0.39 is 17.7 Å². The van der Waals surface area contributed by atoms with Crippen LogP contribution in [0.2, 0.25) is 0 Å². The van der Waals surface area contributed by atoms with Crippen molar-refractivity contribution >= 4 is 11.8 Å². The third-order valence-corrected chi connectivity index (χ3v) is 3.82. The van der Waals surface area contributed by atoms with Crippen LogP contribution in [-0.4, -0.2) is 16.9 Å². The zero-order chi connectivity index (χ0) is 14.0. The number of carboxylic acids is 1. The summed E-state index contributed by atoms with van der Waals surface area (Å²) in [5.74, 6) is -2.15. The van der Waals surface area contributed by atoms with Gasteiger partial charge in [0.25, 0.3) is 0 Å². The molecule has 1 N–H and O–H groups in total. The number of halogens is 1. The molecule has 0 bridgehead atoms. The Morgan fingerprint density at radius 2 is 2.26 bits per heavy atom. The van der Waals surface area contributed by atoms with Crippen LogP contribution in [0.15, 0.2) is 18.2 Å². The number of hydrogen-bond acceptors (Lipinski definition) is 2. The summed E-state index contributed by atoms with van der Waals surface area (Å²) in [6.07, 6.45) is 2.96. The molecule has 1 aromatic rings. The topological polar surface area (TPSA) is 54.4 Å². The van der Waals surface area contributed by atoms with Crippen molar-refractivity contribution in [3.8, 4) is 0 Å². The highest BCUT2D eigenvalue weighted by Gasteiger charge is 2.25. The third-order valence-electron chi connectivity index (χ3n) is 3.82. The number of ketones is 1. The Labute approximate surface area is 111 Å². The summed E-state index contributed by atoms with van der Waals surface area (Å²) in [5.41, 5.74) is 0.952. The van der Waals surface area contributed by atoms with Crippen molar-refractivity contribution in [3.05, 3.63) is 35.1 Å². The number of benzene rings is 1. The number of rotatable bonds is 4. The van der Waals surface area contributed by atoms with Gasteiger partial charge in [-0.15, -0.1) is 0 Å². The number of carbonyl (C=O) groups is 2. The molecular weight excluding hydrogens is 247 g/mol. The average Bonchev–Trinajstić information content (AvgIpc) is 2.74. The van der Waals surface area contributed by atoms with Gasteiger partial charge >= 0.3 is 5.97 Å². The van der Waals surface area contributed by atoms with E-state index >= 15 is 0 Å². The van der Waals surface area contributed by atoms with Crippen LogP contribution in [0.1, 0.15) is 43.2 Å². The Bertz CT molecular complexity index is 510. The molecule has 0 saturated heterocycles. The summed E-state index contributed by atoms with van der Waals surface area (Å²) >= 11 is 0. The van der Waals surface area contributed by atoms with Gasteiger partial charge in [0.2, 0.25) is 0 Å². The summed E-state index contributed by atoms with van der Waals surface area (Å²) in [5, 5.41) is 8.88. The maximum atomic E-state index is 13.9. The van der Waals surface area contributed by atoms with Gasteiger partial charge in [-0.2, -0.15) is 0 Å². The monoisotopic (exact) mass is 264 g/mol. The van der Waals surface area contributed by atoms with Crippen molar-refractivity contribution in [1.29, 1.82) is 0 Å². The molecule has 0 radical (unpaired) electrons. The van der Waals surface area contributed by atoms with Crippen LogP contribution < -0.4 is 0 Å². The lowest BCUT2D eigenvalue weighted by molar-refractivity contribution is -0.138. The van der Waals surface area contributed by atoms with Gasteiger partial charge < -0.3 is 5.11 Å². The van der Waals surface area contributed by atoms with Crippen LogP contribution in [0.4, 0.5) is 4.39 Å². The molecule has 1 aromatic carbocycles. The second-order valence-electron chi connectivity index (χ2n) is 5.18. The molecule has 4 heteroatoms. The maximum absolute atomic E-state index is 13.9. The third kappa shape index (κ3) is 3.00. The number of carboxylic acid groups (broad SMARTS) is 1. The molecule has 1 fully saturated rings. The van der Waals surface area contributed by atoms with Crippen molar-refractivity contribution in [1.82, 2.24) is 0 Å². The fraction of sp³-hybridized carbons (Fsp3) is 0.467. The van der Waals surface area contributed by atoms with Crippen LogP contribution in [0.25, 0.3) is 0 Å². The van der Waals surface area contributed by atoms with E-state index in [0.717, 1.165) is 18.4 Å². The van der Waals surface area contributed by atoms with Crippen molar-refractivity contribution in [2.45, 2.75) is 38.5 Å². The summed E-state index contributed by atoms with van der Waals surface area (Å²) in [6.45, 7) is 1.46. The Morgan fingerprint density at radius 3 is 2.79 bits per heavy atom. The minimum Gasteiger partial charge on any atom is -0.481 e. The maximum Gasteiger partial charge on any atom is 0.310 e. The Balaban J connectivity index is 2.14. The molecule has 0 aromatic heterocycles. The zero-order valence-electron chi connectivity index (χ0n) is 10.9. The predicted octanol–water partition coefficient (Wildman–Crippen LogP) is 2.93. The van der Waals surface area contributed by atoms with Crippen LogP contribution in [0.5, 0.6) is 0 Å².